The molecule has 3 aliphatic rings. The van der Waals surface area contributed by atoms with E-state index in [0.29, 0.717) is 23.4 Å². The first kappa shape index (κ1) is 27.5. The van der Waals surface area contributed by atoms with Gasteiger partial charge in [-0.15, -0.1) is 0 Å². The Bertz CT molecular complexity index is 1200. The van der Waals surface area contributed by atoms with Crippen LogP contribution in [-0.4, -0.2) is 57.7 Å². The van der Waals surface area contributed by atoms with Gasteiger partial charge in [0.2, 0.25) is 5.91 Å². The summed E-state index contributed by atoms with van der Waals surface area (Å²) in [5.74, 6) is -9.39. The third-order valence-corrected chi connectivity index (χ3v) is 8.44. The Kier molecular flexibility index (Phi) is 7.15. The Labute approximate surface area is 219 Å². The molecule has 1 aromatic carbocycles. The van der Waals surface area contributed by atoms with E-state index in [1.54, 1.807) is 0 Å². The largest absolute Gasteiger partial charge is 0.507 e. The summed E-state index contributed by atoms with van der Waals surface area (Å²) in [5, 5.41) is 25.8. The molecule has 1 aromatic rings. The molecule has 0 bridgehead atoms. The van der Waals surface area contributed by atoms with Gasteiger partial charge in [-0.1, -0.05) is 20.8 Å². The Morgan fingerprint density at radius 3 is 2.43 bits per heavy atom. The van der Waals surface area contributed by atoms with Crippen LogP contribution in [0, 0.1) is 29.1 Å². The fraction of sp³-hybridized carbons (Fsp3) is 0.593. The fourth-order valence-corrected chi connectivity index (χ4v) is 6.70. The van der Waals surface area contributed by atoms with E-state index in [-0.39, 0.29) is 36.0 Å². The second-order valence-electron chi connectivity index (χ2n) is 11.7. The highest BCUT2D eigenvalue weighted by molar-refractivity contribution is 7.97. The first-order chi connectivity index (χ1) is 17.2. The maximum Gasteiger partial charge on any atom is 0.235 e. The van der Waals surface area contributed by atoms with Crippen molar-refractivity contribution in [1.29, 1.82) is 0 Å². The normalized spacial score (nSPS) is 29.5. The number of primary amides is 1. The number of thioether (sulfide) groups is 1. The summed E-state index contributed by atoms with van der Waals surface area (Å²) in [5.41, 5.74) is 4.76. The Morgan fingerprint density at radius 1 is 1.16 bits per heavy atom. The van der Waals surface area contributed by atoms with Crippen LogP contribution in [0.3, 0.4) is 0 Å². The van der Waals surface area contributed by atoms with Crippen LogP contribution < -0.4 is 11.1 Å². The second kappa shape index (κ2) is 9.63. The zero-order chi connectivity index (χ0) is 27.4. The lowest BCUT2D eigenvalue weighted by Gasteiger charge is -2.48. The number of benzene rings is 1. The molecule has 5 atom stereocenters. The summed E-state index contributed by atoms with van der Waals surface area (Å²) in [7, 11) is 0. The minimum absolute atomic E-state index is 0.0308. The molecule has 1 amide bonds. The zero-order valence-electron chi connectivity index (χ0n) is 21.6. The highest BCUT2D eigenvalue weighted by Crippen LogP contribution is 2.50. The van der Waals surface area contributed by atoms with Crippen LogP contribution in [-0.2, 0) is 37.9 Å². The van der Waals surface area contributed by atoms with Gasteiger partial charge in [0.15, 0.2) is 34.7 Å². The van der Waals surface area contributed by atoms with E-state index < -0.39 is 58.3 Å². The van der Waals surface area contributed by atoms with E-state index in [9.17, 15) is 34.2 Å². The Morgan fingerprint density at radius 2 is 1.84 bits per heavy atom. The number of phenols is 1. The lowest BCUT2D eigenvalue weighted by Crippen LogP contribution is -2.68. The molecular weight excluding hydrogens is 496 g/mol. The monoisotopic (exact) mass is 530 g/mol. The molecule has 0 spiro atoms. The van der Waals surface area contributed by atoms with Crippen molar-refractivity contribution < 1.29 is 34.2 Å². The number of nitrogens with two attached hydrogens (primary N) is 1. The number of nitrogens with one attached hydrogen (secondary N) is 1. The lowest BCUT2D eigenvalue weighted by molar-refractivity contribution is -0.175. The van der Waals surface area contributed by atoms with Crippen molar-refractivity contribution >= 4 is 40.8 Å². The SMILES string of the molecule is CSCc1cc(CNCC(C)(C)C)c2c(c1O)C(=O)C1C(=O)[C@]3(O)C(=O)C(C(N)=O)C(=O)CC3CC1C2. The number of rotatable bonds is 6. The van der Waals surface area contributed by atoms with Crippen molar-refractivity contribution in [3.8, 4) is 5.75 Å². The molecule has 2 fully saturated rings. The van der Waals surface area contributed by atoms with Gasteiger partial charge in [-0.2, -0.15) is 11.8 Å². The fourth-order valence-electron chi connectivity index (χ4n) is 6.17. The number of fused-ring (bicyclic) bond motifs is 3. The number of hydrogen-bond donors (Lipinski definition) is 4. The topological polar surface area (TPSA) is 164 Å². The van der Waals surface area contributed by atoms with Gasteiger partial charge in [0.25, 0.3) is 0 Å². The van der Waals surface area contributed by atoms with E-state index in [1.807, 2.05) is 12.3 Å². The molecule has 3 aliphatic carbocycles. The van der Waals surface area contributed by atoms with Crippen molar-refractivity contribution in [1.82, 2.24) is 5.32 Å². The quantitative estimate of drug-likeness (QED) is 0.397. The molecule has 0 aliphatic heterocycles. The number of carbonyl (C=O) groups excluding carboxylic acids is 5. The number of aliphatic hydroxyl groups is 1. The number of aromatic hydroxyl groups is 1. The van der Waals surface area contributed by atoms with E-state index in [0.717, 1.165) is 12.1 Å². The minimum Gasteiger partial charge on any atom is -0.507 e. The molecular formula is C27H34N2O7S. The van der Waals surface area contributed by atoms with Crippen LogP contribution in [0.15, 0.2) is 6.07 Å². The molecule has 9 nitrogen and oxygen atoms in total. The molecule has 0 radical (unpaired) electrons. The maximum atomic E-state index is 13.8. The summed E-state index contributed by atoms with van der Waals surface area (Å²) in [6.45, 7) is 7.49. The first-order valence-corrected chi connectivity index (χ1v) is 13.8. The minimum atomic E-state index is -2.63. The number of ketones is 4. The molecule has 10 heteroatoms. The number of carbonyl (C=O) groups is 5. The predicted octanol–water partition coefficient (Wildman–Crippen LogP) is 1.33. The Balaban J connectivity index is 1.77. The Hall–Kier alpha value is -2.56. The standard InChI is InChI=1S/C27H34N2O7S/c1-26(2,3)11-29-9-13-5-14(10-37-4)21(31)19-16(13)7-12-6-15-8-17(30)20(25(28)35)24(34)27(15,36)23(33)18(12)22(19)32/h5,12,15,18,20,29,31,36H,6-11H2,1-4H3,(H2,28,35)/t12?,15?,18?,20?,27-/m0/s1. The highest BCUT2D eigenvalue weighted by atomic mass is 32.2. The van der Waals surface area contributed by atoms with E-state index in [4.69, 9.17) is 5.73 Å². The molecule has 0 heterocycles. The molecule has 0 aromatic heterocycles. The van der Waals surface area contributed by atoms with Crippen LogP contribution >= 0.6 is 11.8 Å². The van der Waals surface area contributed by atoms with Crippen molar-refractivity contribution in [3.63, 3.8) is 0 Å². The smallest absolute Gasteiger partial charge is 0.235 e. The van der Waals surface area contributed by atoms with Gasteiger partial charge in [0.05, 0.1) is 11.5 Å². The summed E-state index contributed by atoms with van der Waals surface area (Å²) in [6.07, 6.45) is 1.90. The third-order valence-electron chi connectivity index (χ3n) is 7.84. The molecule has 4 rings (SSSR count). The van der Waals surface area contributed by atoms with Crippen molar-refractivity contribution in [2.24, 2.45) is 34.8 Å². The maximum absolute atomic E-state index is 13.8. The summed E-state index contributed by atoms with van der Waals surface area (Å²) in [4.78, 5) is 64.9. The van der Waals surface area contributed by atoms with Gasteiger partial charge in [0, 0.05) is 36.7 Å². The van der Waals surface area contributed by atoms with Gasteiger partial charge < -0.3 is 21.3 Å². The number of hydrogen-bond acceptors (Lipinski definition) is 9. The predicted molar refractivity (Wildman–Crippen MR) is 137 cm³/mol. The van der Waals surface area contributed by atoms with Gasteiger partial charge in [-0.3, -0.25) is 24.0 Å². The molecule has 4 unspecified atom stereocenters. The number of amides is 1. The summed E-state index contributed by atoms with van der Waals surface area (Å²) in [6, 6.07) is 1.89. The van der Waals surface area contributed by atoms with Crippen molar-refractivity contribution in [3.05, 3.63) is 28.3 Å². The zero-order valence-corrected chi connectivity index (χ0v) is 22.4. The van der Waals surface area contributed by atoms with Crippen LogP contribution in [0.1, 0.15) is 60.7 Å². The average Bonchev–Trinajstić information content (AvgIpc) is 2.78. The third kappa shape index (κ3) is 4.53. The van der Waals surface area contributed by atoms with E-state index >= 15 is 0 Å². The van der Waals surface area contributed by atoms with Crippen LogP contribution in [0.25, 0.3) is 0 Å². The van der Waals surface area contributed by atoms with Crippen molar-refractivity contribution in [2.75, 3.05) is 12.8 Å². The van der Waals surface area contributed by atoms with Crippen LogP contribution in [0.2, 0.25) is 0 Å². The van der Waals surface area contributed by atoms with Gasteiger partial charge >= 0.3 is 0 Å². The van der Waals surface area contributed by atoms with Gasteiger partial charge in [-0.25, -0.2) is 0 Å². The van der Waals surface area contributed by atoms with Crippen molar-refractivity contribution in [2.45, 2.75) is 57.9 Å². The lowest BCUT2D eigenvalue weighted by atomic mass is 9.53. The van der Waals surface area contributed by atoms with Crippen LogP contribution in [0.5, 0.6) is 5.75 Å². The molecule has 200 valence electrons. The molecule has 37 heavy (non-hydrogen) atoms. The first-order valence-electron chi connectivity index (χ1n) is 12.5. The summed E-state index contributed by atoms with van der Waals surface area (Å²) < 4.78 is 0. The van der Waals surface area contributed by atoms with Crippen LogP contribution in [0.4, 0.5) is 0 Å². The number of phenolic OH excluding ortho intramolecular Hbond substituents is 1. The molecule has 2 saturated carbocycles. The number of Topliss-reactive ketones (excluding diaryl/α,β-unsaturated/α-hetero) is 4. The summed E-state index contributed by atoms with van der Waals surface area (Å²) >= 11 is 1.48. The van der Waals surface area contributed by atoms with E-state index in [1.165, 1.54) is 11.8 Å². The van der Waals surface area contributed by atoms with Gasteiger partial charge in [-0.05, 0) is 47.6 Å². The average molecular weight is 531 g/mol. The molecule has 5 N–H and O–H groups in total. The van der Waals surface area contributed by atoms with Gasteiger partial charge in [0.1, 0.15) is 5.75 Å². The van der Waals surface area contributed by atoms with E-state index in [2.05, 4.69) is 26.1 Å². The second-order valence-corrected chi connectivity index (χ2v) is 12.6. The highest BCUT2D eigenvalue weighted by Gasteiger charge is 2.66. The molecule has 0 saturated heterocycles.